The Balaban J connectivity index is 1.79. The van der Waals surface area contributed by atoms with Gasteiger partial charge in [0, 0.05) is 24.9 Å². The van der Waals surface area contributed by atoms with Gasteiger partial charge in [-0.25, -0.2) is 14.8 Å². The van der Waals surface area contributed by atoms with Crippen molar-refractivity contribution in [3.05, 3.63) is 29.3 Å². The van der Waals surface area contributed by atoms with Crippen LogP contribution in [0.4, 0.5) is 0 Å². The van der Waals surface area contributed by atoms with E-state index in [2.05, 4.69) is 16.9 Å². The number of hydrogen-bond acceptors (Lipinski definition) is 5. The predicted octanol–water partition coefficient (Wildman–Crippen LogP) is 1.39. The van der Waals surface area contributed by atoms with Crippen LogP contribution in [0.25, 0.3) is 5.78 Å². The van der Waals surface area contributed by atoms with E-state index in [0.717, 1.165) is 18.5 Å². The van der Waals surface area contributed by atoms with E-state index in [-0.39, 0.29) is 23.2 Å². The standard InChI is InChI=1S/C15H17N3O4/c1-14-6-15(7-14,8-22-14)11-4-18-3-9(12(19)20)10(5-21-2)16-13(18)17-11/h3-4H,5-8H2,1-2H3,(H,19,20). The Kier molecular flexibility index (Phi) is 2.65. The van der Waals surface area contributed by atoms with Gasteiger partial charge in [0.05, 0.1) is 30.2 Å². The molecule has 22 heavy (non-hydrogen) atoms. The van der Waals surface area contributed by atoms with Gasteiger partial charge in [0.15, 0.2) is 0 Å². The molecular formula is C15H17N3O4. The van der Waals surface area contributed by atoms with Crippen molar-refractivity contribution in [2.24, 2.45) is 0 Å². The molecule has 1 N–H and O–H groups in total. The molecule has 0 unspecified atom stereocenters. The first-order chi connectivity index (χ1) is 10.4. The summed E-state index contributed by atoms with van der Waals surface area (Å²) in [6.45, 7) is 2.93. The molecule has 3 fully saturated rings. The number of nitrogens with zero attached hydrogens (tertiary/aromatic N) is 3. The number of carboxylic acid groups (broad SMARTS) is 1. The molecule has 0 spiro atoms. The van der Waals surface area contributed by atoms with E-state index in [1.54, 1.807) is 10.6 Å². The Morgan fingerprint density at radius 1 is 1.45 bits per heavy atom. The van der Waals surface area contributed by atoms with E-state index in [4.69, 9.17) is 9.47 Å². The molecule has 2 bridgehead atoms. The van der Waals surface area contributed by atoms with Crippen molar-refractivity contribution in [3.8, 4) is 0 Å². The summed E-state index contributed by atoms with van der Waals surface area (Å²) in [6, 6.07) is 0. The van der Waals surface area contributed by atoms with Crippen LogP contribution >= 0.6 is 0 Å². The van der Waals surface area contributed by atoms with Gasteiger partial charge in [0.2, 0.25) is 5.78 Å². The lowest BCUT2D eigenvalue weighted by Crippen LogP contribution is -2.45. The SMILES string of the molecule is COCc1nc2nc(C34COC(C)(C3)C4)cn2cc1C(=O)O. The molecule has 5 rings (SSSR count). The maximum Gasteiger partial charge on any atom is 0.339 e. The Morgan fingerprint density at radius 2 is 2.23 bits per heavy atom. The Hall–Kier alpha value is -1.99. The van der Waals surface area contributed by atoms with Crippen LogP contribution in [0.3, 0.4) is 0 Å². The van der Waals surface area contributed by atoms with Gasteiger partial charge in [-0.15, -0.1) is 0 Å². The van der Waals surface area contributed by atoms with Gasteiger partial charge in [-0.2, -0.15) is 0 Å². The third-order valence-electron chi connectivity index (χ3n) is 4.70. The fraction of sp³-hybridized carbons (Fsp3) is 0.533. The summed E-state index contributed by atoms with van der Waals surface area (Å²) < 4.78 is 12.5. The second kappa shape index (κ2) is 4.27. The number of rotatable bonds is 4. The average Bonchev–Trinajstić information content (AvgIpc) is 3.07. The highest BCUT2D eigenvalue weighted by Gasteiger charge is 2.61. The van der Waals surface area contributed by atoms with Crippen molar-refractivity contribution in [1.82, 2.24) is 14.4 Å². The maximum atomic E-state index is 11.4. The molecule has 3 aliphatic rings. The van der Waals surface area contributed by atoms with Crippen LogP contribution in [-0.4, -0.2) is 44.8 Å². The summed E-state index contributed by atoms with van der Waals surface area (Å²) in [5.74, 6) is -0.516. The van der Waals surface area contributed by atoms with Gasteiger partial charge in [-0.3, -0.25) is 4.40 Å². The van der Waals surface area contributed by atoms with E-state index in [0.29, 0.717) is 18.1 Å². The minimum Gasteiger partial charge on any atom is -0.478 e. The Bertz CT molecular complexity index is 776. The molecule has 7 nitrogen and oxygen atoms in total. The van der Waals surface area contributed by atoms with E-state index < -0.39 is 5.97 Å². The van der Waals surface area contributed by atoms with Crippen LogP contribution in [0, 0.1) is 0 Å². The summed E-state index contributed by atoms with van der Waals surface area (Å²) in [5.41, 5.74) is 1.40. The van der Waals surface area contributed by atoms with Crippen molar-refractivity contribution in [3.63, 3.8) is 0 Å². The van der Waals surface area contributed by atoms with Crippen LogP contribution in [-0.2, 0) is 21.5 Å². The van der Waals surface area contributed by atoms with Crippen LogP contribution in [0.2, 0.25) is 0 Å². The van der Waals surface area contributed by atoms with E-state index in [1.807, 2.05) is 6.20 Å². The highest BCUT2D eigenvalue weighted by molar-refractivity contribution is 5.88. The van der Waals surface area contributed by atoms with Crippen molar-refractivity contribution < 1.29 is 19.4 Å². The van der Waals surface area contributed by atoms with Crippen molar-refractivity contribution in [2.75, 3.05) is 13.7 Å². The summed E-state index contributed by atoms with van der Waals surface area (Å²) in [5, 5.41) is 9.31. The summed E-state index contributed by atoms with van der Waals surface area (Å²) in [4.78, 5) is 20.3. The molecular weight excluding hydrogens is 286 g/mol. The summed E-state index contributed by atoms with van der Waals surface area (Å²) in [7, 11) is 1.51. The smallest absolute Gasteiger partial charge is 0.339 e. The van der Waals surface area contributed by atoms with Crippen LogP contribution in [0.15, 0.2) is 12.4 Å². The summed E-state index contributed by atoms with van der Waals surface area (Å²) >= 11 is 0. The van der Waals surface area contributed by atoms with Crippen molar-refractivity contribution >= 4 is 11.7 Å². The van der Waals surface area contributed by atoms with E-state index in [1.165, 1.54) is 7.11 Å². The van der Waals surface area contributed by atoms with E-state index in [9.17, 15) is 9.90 Å². The number of ether oxygens (including phenoxy) is 2. The molecule has 2 aromatic heterocycles. The highest BCUT2D eigenvalue weighted by atomic mass is 16.5. The Morgan fingerprint density at radius 3 is 2.82 bits per heavy atom. The number of carboxylic acids is 1. The van der Waals surface area contributed by atoms with Gasteiger partial charge in [-0.1, -0.05) is 0 Å². The second-order valence-corrected chi connectivity index (χ2v) is 6.55. The largest absolute Gasteiger partial charge is 0.478 e. The molecule has 4 heterocycles. The van der Waals surface area contributed by atoms with Gasteiger partial charge in [0.25, 0.3) is 0 Å². The van der Waals surface area contributed by atoms with Gasteiger partial charge in [-0.05, 0) is 19.8 Å². The molecule has 7 heteroatoms. The van der Waals surface area contributed by atoms with Crippen LogP contribution < -0.4 is 0 Å². The fourth-order valence-electron chi connectivity index (χ4n) is 3.79. The molecule has 0 radical (unpaired) electrons. The quantitative estimate of drug-likeness (QED) is 0.918. The molecule has 2 aliphatic heterocycles. The fourth-order valence-corrected chi connectivity index (χ4v) is 3.79. The topological polar surface area (TPSA) is 86.0 Å². The third kappa shape index (κ3) is 1.79. The zero-order chi connectivity index (χ0) is 15.5. The number of hydrogen-bond donors (Lipinski definition) is 1. The maximum absolute atomic E-state index is 11.4. The molecule has 2 aromatic rings. The first-order valence-electron chi connectivity index (χ1n) is 7.20. The average molecular weight is 303 g/mol. The lowest BCUT2D eigenvalue weighted by atomic mass is 9.62. The van der Waals surface area contributed by atoms with Crippen LogP contribution in [0.5, 0.6) is 0 Å². The molecule has 0 atom stereocenters. The molecule has 116 valence electrons. The monoisotopic (exact) mass is 303 g/mol. The Labute approximate surface area is 126 Å². The number of fused-ring (bicyclic) bond motifs is 2. The minimum absolute atomic E-state index is 0.0172. The number of carbonyl (C=O) groups is 1. The first kappa shape index (κ1) is 13.7. The lowest BCUT2D eigenvalue weighted by molar-refractivity contribution is 0.0154. The molecule has 1 aliphatic carbocycles. The number of aromatic nitrogens is 3. The zero-order valence-electron chi connectivity index (χ0n) is 12.5. The third-order valence-corrected chi connectivity index (χ3v) is 4.70. The molecule has 0 aromatic carbocycles. The second-order valence-electron chi connectivity index (χ2n) is 6.55. The number of imidazole rings is 1. The first-order valence-corrected chi connectivity index (χ1v) is 7.20. The van der Waals surface area contributed by atoms with E-state index >= 15 is 0 Å². The van der Waals surface area contributed by atoms with Gasteiger partial charge in [0.1, 0.15) is 5.56 Å². The highest BCUT2D eigenvalue weighted by Crippen LogP contribution is 2.58. The normalized spacial score (nSPS) is 29.7. The molecule has 2 saturated heterocycles. The number of aromatic carboxylic acids is 1. The van der Waals surface area contributed by atoms with Crippen LogP contribution in [0.1, 0.15) is 41.5 Å². The summed E-state index contributed by atoms with van der Waals surface area (Å²) in [6.07, 6.45) is 5.35. The predicted molar refractivity (Wildman–Crippen MR) is 75.9 cm³/mol. The minimum atomic E-state index is -1.02. The van der Waals surface area contributed by atoms with Crippen molar-refractivity contribution in [1.29, 1.82) is 0 Å². The number of methoxy groups -OCH3 is 1. The van der Waals surface area contributed by atoms with Gasteiger partial charge < -0.3 is 14.6 Å². The molecule has 0 amide bonds. The zero-order valence-corrected chi connectivity index (χ0v) is 12.5. The molecule has 1 saturated carbocycles. The lowest BCUT2D eigenvalue weighted by Gasteiger charge is -2.41. The van der Waals surface area contributed by atoms with Gasteiger partial charge >= 0.3 is 5.97 Å². The van der Waals surface area contributed by atoms with Crippen molar-refractivity contribution in [2.45, 2.75) is 37.4 Å².